The van der Waals surface area contributed by atoms with Crippen LogP contribution in [0, 0.1) is 23.2 Å². The van der Waals surface area contributed by atoms with Gasteiger partial charge in [0.15, 0.2) is 0 Å². The second-order valence-corrected chi connectivity index (χ2v) is 5.98. The highest BCUT2D eigenvalue weighted by atomic mass is 15.2. The molecule has 3 heteroatoms. The smallest absolute Gasteiger partial charge is 0.0995 e. The molecule has 0 amide bonds. The van der Waals surface area contributed by atoms with Crippen LogP contribution < -0.4 is 5.73 Å². The zero-order chi connectivity index (χ0) is 13.2. The number of nitriles is 1. The number of hydrogen-bond acceptors (Lipinski definition) is 3. The molecule has 2 N–H and O–H groups in total. The Bertz CT molecular complexity index is 491. The van der Waals surface area contributed by atoms with Crippen LogP contribution in [-0.2, 0) is 6.54 Å². The van der Waals surface area contributed by atoms with Crippen molar-refractivity contribution < 1.29 is 0 Å². The van der Waals surface area contributed by atoms with Gasteiger partial charge in [-0.25, -0.2) is 0 Å². The number of fused-ring (bicyclic) bond motifs is 1. The van der Waals surface area contributed by atoms with Gasteiger partial charge in [0.1, 0.15) is 0 Å². The van der Waals surface area contributed by atoms with Crippen molar-refractivity contribution in [2.75, 3.05) is 13.1 Å². The van der Waals surface area contributed by atoms with Gasteiger partial charge < -0.3 is 5.73 Å². The quantitative estimate of drug-likeness (QED) is 0.880. The molecule has 1 saturated carbocycles. The van der Waals surface area contributed by atoms with E-state index >= 15 is 0 Å². The van der Waals surface area contributed by atoms with E-state index in [0.29, 0.717) is 12.0 Å². The summed E-state index contributed by atoms with van der Waals surface area (Å²) in [7, 11) is 0. The van der Waals surface area contributed by atoms with Crippen LogP contribution in [-0.4, -0.2) is 24.0 Å². The fourth-order valence-corrected chi connectivity index (χ4v) is 3.75. The maximum Gasteiger partial charge on any atom is 0.0995 e. The molecule has 1 aromatic carbocycles. The molecule has 1 aliphatic carbocycles. The molecular formula is C16H21N3. The first-order valence-electron chi connectivity index (χ1n) is 7.24. The second kappa shape index (κ2) is 5.32. The van der Waals surface area contributed by atoms with E-state index in [2.05, 4.69) is 17.0 Å². The predicted molar refractivity (Wildman–Crippen MR) is 75.2 cm³/mol. The lowest BCUT2D eigenvalue weighted by Gasteiger charge is -2.29. The Morgan fingerprint density at radius 2 is 2.11 bits per heavy atom. The molecule has 0 radical (unpaired) electrons. The van der Waals surface area contributed by atoms with E-state index in [4.69, 9.17) is 11.0 Å². The third-order valence-corrected chi connectivity index (χ3v) is 4.76. The summed E-state index contributed by atoms with van der Waals surface area (Å²) in [6, 6.07) is 10.6. The molecule has 1 aliphatic heterocycles. The SMILES string of the molecule is N#Cc1ccccc1CN1CC2CCCC(N)C2C1. The molecule has 0 bridgehead atoms. The van der Waals surface area contributed by atoms with Gasteiger partial charge in [-0.3, -0.25) is 4.90 Å². The first-order chi connectivity index (χ1) is 9.28. The maximum atomic E-state index is 9.15. The van der Waals surface area contributed by atoms with E-state index in [1.165, 1.54) is 19.3 Å². The summed E-state index contributed by atoms with van der Waals surface area (Å²) in [5, 5.41) is 9.15. The van der Waals surface area contributed by atoms with Crippen molar-refractivity contribution in [2.45, 2.75) is 31.8 Å². The molecule has 1 aromatic rings. The molecule has 2 aliphatic rings. The summed E-state index contributed by atoms with van der Waals surface area (Å²) in [5.41, 5.74) is 8.21. The van der Waals surface area contributed by atoms with E-state index in [9.17, 15) is 0 Å². The molecule has 3 atom stereocenters. The van der Waals surface area contributed by atoms with Crippen molar-refractivity contribution >= 4 is 0 Å². The number of nitrogens with zero attached hydrogens (tertiary/aromatic N) is 2. The van der Waals surface area contributed by atoms with E-state index < -0.39 is 0 Å². The van der Waals surface area contributed by atoms with Gasteiger partial charge in [0.05, 0.1) is 11.6 Å². The van der Waals surface area contributed by atoms with Crippen molar-refractivity contribution in [1.29, 1.82) is 5.26 Å². The fraction of sp³-hybridized carbons (Fsp3) is 0.562. The standard InChI is InChI=1S/C16H21N3/c17-8-12-4-1-2-5-13(12)9-19-10-14-6-3-7-16(18)15(14)11-19/h1-2,4-5,14-16H,3,6-7,9-11,18H2. The number of rotatable bonds is 2. The number of likely N-dealkylation sites (tertiary alicyclic amines) is 1. The van der Waals surface area contributed by atoms with E-state index in [1.54, 1.807) is 0 Å². The van der Waals surface area contributed by atoms with Gasteiger partial charge in [-0.05, 0) is 36.3 Å². The van der Waals surface area contributed by atoms with E-state index in [-0.39, 0.29) is 0 Å². The third-order valence-electron chi connectivity index (χ3n) is 4.76. The molecule has 19 heavy (non-hydrogen) atoms. The molecule has 3 nitrogen and oxygen atoms in total. The Hall–Kier alpha value is -1.37. The van der Waals surface area contributed by atoms with Gasteiger partial charge in [0.2, 0.25) is 0 Å². The van der Waals surface area contributed by atoms with Crippen LogP contribution in [0.25, 0.3) is 0 Å². The van der Waals surface area contributed by atoms with Gasteiger partial charge in [-0.2, -0.15) is 5.26 Å². The molecule has 1 saturated heterocycles. The first-order valence-corrected chi connectivity index (χ1v) is 7.24. The number of hydrogen-bond donors (Lipinski definition) is 1. The Morgan fingerprint density at radius 3 is 2.89 bits per heavy atom. The molecule has 1 heterocycles. The minimum absolute atomic E-state index is 0.384. The van der Waals surface area contributed by atoms with E-state index in [0.717, 1.165) is 36.7 Å². The molecule has 0 spiro atoms. The average Bonchev–Trinajstić information content (AvgIpc) is 2.83. The van der Waals surface area contributed by atoms with Gasteiger partial charge in [-0.1, -0.05) is 24.6 Å². The summed E-state index contributed by atoms with van der Waals surface area (Å²) < 4.78 is 0. The maximum absolute atomic E-state index is 9.15. The van der Waals surface area contributed by atoms with Crippen LogP contribution in [0.3, 0.4) is 0 Å². The summed E-state index contributed by atoms with van der Waals surface area (Å²) in [5.74, 6) is 1.45. The summed E-state index contributed by atoms with van der Waals surface area (Å²) in [6.07, 6.45) is 3.80. The van der Waals surface area contributed by atoms with Crippen LogP contribution >= 0.6 is 0 Å². The molecule has 100 valence electrons. The number of benzene rings is 1. The van der Waals surface area contributed by atoms with Gasteiger partial charge >= 0.3 is 0 Å². The Morgan fingerprint density at radius 1 is 1.26 bits per heavy atom. The molecular weight excluding hydrogens is 234 g/mol. The van der Waals surface area contributed by atoms with Gasteiger partial charge in [0, 0.05) is 25.7 Å². The Balaban J connectivity index is 1.70. The minimum Gasteiger partial charge on any atom is -0.327 e. The first kappa shape index (κ1) is 12.7. The molecule has 3 rings (SSSR count). The van der Waals surface area contributed by atoms with Crippen molar-refractivity contribution in [3.63, 3.8) is 0 Å². The highest BCUT2D eigenvalue weighted by Crippen LogP contribution is 2.36. The van der Waals surface area contributed by atoms with Gasteiger partial charge in [-0.15, -0.1) is 0 Å². The molecule has 3 unspecified atom stereocenters. The van der Waals surface area contributed by atoms with Crippen molar-refractivity contribution in [2.24, 2.45) is 17.6 Å². The van der Waals surface area contributed by atoms with Crippen LogP contribution in [0.2, 0.25) is 0 Å². The van der Waals surface area contributed by atoms with Crippen LogP contribution in [0.4, 0.5) is 0 Å². The van der Waals surface area contributed by atoms with Crippen molar-refractivity contribution in [1.82, 2.24) is 4.90 Å². The highest BCUT2D eigenvalue weighted by molar-refractivity contribution is 5.37. The third kappa shape index (κ3) is 2.51. The fourth-order valence-electron chi connectivity index (χ4n) is 3.75. The monoisotopic (exact) mass is 255 g/mol. The Labute approximate surface area is 115 Å². The zero-order valence-electron chi connectivity index (χ0n) is 11.3. The van der Waals surface area contributed by atoms with Crippen molar-refractivity contribution in [3.8, 4) is 6.07 Å². The lowest BCUT2D eigenvalue weighted by Crippen LogP contribution is -2.38. The summed E-state index contributed by atoms with van der Waals surface area (Å²) in [6.45, 7) is 3.15. The normalized spacial score (nSPS) is 30.8. The topological polar surface area (TPSA) is 53.0 Å². The Kier molecular flexibility index (Phi) is 3.54. The largest absolute Gasteiger partial charge is 0.327 e. The van der Waals surface area contributed by atoms with Crippen LogP contribution in [0.15, 0.2) is 24.3 Å². The summed E-state index contributed by atoms with van der Waals surface area (Å²) >= 11 is 0. The minimum atomic E-state index is 0.384. The second-order valence-electron chi connectivity index (χ2n) is 5.98. The predicted octanol–water partition coefficient (Wildman–Crippen LogP) is 2.12. The highest BCUT2D eigenvalue weighted by Gasteiger charge is 2.38. The zero-order valence-corrected chi connectivity index (χ0v) is 11.3. The average molecular weight is 255 g/mol. The number of nitrogens with two attached hydrogens (primary N) is 1. The lowest BCUT2D eigenvalue weighted by atomic mass is 9.78. The summed E-state index contributed by atoms with van der Waals surface area (Å²) in [4.78, 5) is 2.48. The molecule has 2 fully saturated rings. The van der Waals surface area contributed by atoms with Crippen LogP contribution in [0.1, 0.15) is 30.4 Å². The lowest BCUT2D eigenvalue weighted by molar-refractivity contribution is 0.259. The van der Waals surface area contributed by atoms with E-state index in [1.807, 2.05) is 18.2 Å². The van der Waals surface area contributed by atoms with Gasteiger partial charge in [0.25, 0.3) is 0 Å². The van der Waals surface area contributed by atoms with Crippen molar-refractivity contribution in [3.05, 3.63) is 35.4 Å². The van der Waals surface area contributed by atoms with Crippen LogP contribution in [0.5, 0.6) is 0 Å². The molecule has 0 aromatic heterocycles.